The highest BCUT2D eigenvalue weighted by molar-refractivity contribution is 5.77. The summed E-state index contributed by atoms with van der Waals surface area (Å²) < 4.78 is 10.5. The van der Waals surface area contributed by atoms with Crippen LogP contribution < -0.4 is 0 Å². The van der Waals surface area contributed by atoms with Crippen molar-refractivity contribution in [3.8, 4) is 0 Å². The number of unbranched alkanes of at least 4 members (excludes halogenated alkanes) is 1. The van der Waals surface area contributed by atoms with Crippen molar-refractivity contribution in [1.82, 2.24) is 0 Å². The molecule has 0 aliphatic heterocycles. The highest BCUT2D eigenvalue weighted by Crippen LogP contribution is 2.33. The van der Waals surface area contributed by atoms with Gasteiger partial charge in [-0.15, -0.1) is 0 Å². The fraction of sp³-hybridized carbons (Fsp3) is 0.923. The third-order valence-electron chi connectivity index (χ3n) is 3.28. The van der Waals surface area contributed by atoms with Gasteiger partial charge in [-0.2, -0.15) is 0 Å². The molecule has 0 bridgehead atoms. The first-order chi connectivity index (χ1) is 7.55. The van der Waals surface area contributed by atoms with Crippen LogP contribution in [0.5, 0.6) is 0 Å². The first-order valence-corrected chi connectivity index (χ1v) is 6.21. The summed E-state index contributed by atoms with van der Waals surface area (Å²) in [6.07, 6.45) is 2.72. The number of esters is 1. The van der Waals surface area contributed by atoms with E-state index in [1.54, 1.807) is 7.11 Å². The Balaban J connectivity index is 4.54. The lowest BCUT2D eigenvalue weighted by Crippen LogP contribution is -2.41. The Kier molecular flexibility index (Phi) is 7.39. The lowest BCUT2D eigenvalue weighted by atomic mass is 9.75. The van der Waals surface area contributed by atoms with Crippen LogP contribution in [-0.2, 0) is 14.3 Å². The van der Waals surface area contributed by atoms with Gasteiger partial charge in [0.2, 0.25) is 0 Å². The fourth-order valence-electron chi connectivity index (χ4n) is 1.83. The molecular formula is C13H26O3. The molecule has 0 amide bonds. The predicted octanol–water partition coefficient (Wildman–Crippen LogP) is 3.03. The Bertz CT molecular complexity index is 201. The quantitative estimate of drug-likeness (QED) is 0.475. The van der Waals surface area contributed by atoms with E-state index in [0.717, 1.165) is 19.3 Å². The molecular weight excluding hydrogens is 204 g/mol. The maximum Gasteiger partial charge on any atom is 0.314 e. The van der Waals surface area contributed by atoms with Crippen LogP contribution in [0.2, 0.25) is 0 Å². The molecule has 3 nitrogen and oxygen atoms in total. The van der Waals surface area contributed by atoms with Crippen LogP contribution in [-0.4, -0.2) is 26.3 Å². The van der Waals surface area contributed by atoms with E-state index in [4.69, 9.17) is 9.47 Å². The summed E-state index contributed by atoms with van der Waals surface area (Å²) in [7, 11) is 1.63. The molecule has 1 unspecified atom stereocenters. The van der Waals surface area contributed by atoms with Crippen LogP contribution in [0, 0.1) is 11.3 Å². The maximum atomic E-state index is 12.1. The number of hydrogen-bond acceptors (Lipinski definition) is 3. The monoisotopic (exact) mass is 230 g/mol. The first-order valence-electron chi connectivity index (χ1n) is 6.21. The molecule has 0 rings (SSSR count). The molecule has 1 atom stereocenters. The summed E-state index contributed by atoms with van der Waals surface area (Å²) in [5.41, 5.74) is -0.484. The van der Waals surface area contributed by atoms with Gasteiger partial charge in [-0.05, 0) is 18.8 Å². The standard InChI is InChI=1S/C13H26O3/c1-6-8-9-16-12(14)13(7-2,10-15-5)11(3)4/h11H,6-10H2,1-5H3. The zero-order valence-corrected chi connectivity index (χ0v) is 11.3. The summed E-state index contributed by atoms with van der Waals surface area (Å²) >= 11 is 0. The van der Waals surface area contributed by atoms with E-state index < -0.39 is 5.41 Å². The summed E-state index contributed by atoms with van der Waals surface area (Å²) in [4.78, 5) is 12.1. The third-order valence-corrected chi connectivity index (χ3v) is 3.28. The molecule has 0 aliphatic rings. The van der Waals surface area contributed by atoms with Crippen molar-refractivity contribution in [2.75, 3.05) is 20.3 Å². The Morgan fingerprint density at radius 3 is 2.31 bits per heavy atom. The van der Waals surface area contributed by atoms with Gasteiger partial charge in [0.1, 0.15) is 0 Å². The SMILES string of the molecule is CCCCOC(=O)C(CC)(COC)C(C)C. The number of methoxy groups -OCH3 is 1. The highest BCUT2D eigenvalue weighted by atomic mass is 16.5. The van der Waals surface area contributed by atoms with Gasteiger partial charge in [0.25, 0.3) is 0 Å². The molecule has 0 spiro atoms. The van der Waals surface area contributed by atoms with E-state index >= 15 is 0 Å². The van der Waals surface area contributed by atoms with Gasteiger partial charge in [0.05, 0.1) is 18.6 Å². The van der Waals surface area contributed by atoms with Gasteiger partial charge in [-0.25, -0.2) is 0 Å². The normalized spacial score (nSPS) is 14.9. The number of hydrogen-bond donors (Lipinski definition) is 0. The van der Waals surface area contributed by atoms with Crippen molar-refractivity contribution >= 4 is 5.97 Å². The third kappa shape index (κ3) is 3.78. The lowest BCUT2D eigenvalue weighted by Gasteiger charge is -2.33. The van der Waals surface area contributed by atoms with E-state index in [1.165, 1.54) is 0 Å². The lowest BCUT2D eigenvalue weighted by molar-refractivity contribution is -0.163. The van der Waals surface area contributed by atoms with Gasteiger partial charge >= 0.3 is 5.97 Å². The molecule has 0 saturated heterocycles. The summed E-state index contributed by atoms with van der Waals surface area (Å²) in [5.74, 6) is 0.117. The summed E-state index contributed by atoms with van der Waals surface area (Å²) in [6, 6.07) is 0. The molecule has 3 heteroatoms. The van der Waals surface area contributed by atoms with Gasteiger partial charge in [0, 0.05) is 7.11 Å². The highest BCUT2D eigenvalue weighted by Gasteiger charge is 2.41. The number of carbonyl (C=O) groups excluding carboxylic acids is 1. The summed E-state index contributed by atoms with van der Waals surface area (Å²) in [6.45, 7) is 9.14. The van der Waals surface area contributed by atoms with Crippen LogP contribution >= 0.6 is 0 Å². The molecule has 0 saturated carbocycles. The second-order valence-corrected chi connectivity index (χ2v) is 4.59. The molecule has 0 aliphatic carbocycles. The van der Waals surface area contributed by atoms with Crippen LogP contribution in [0.25, 0.3) is 0 Å². The Morgan fingerprint density at radius 1 is 1.31 bits per heavy atom. The maximum absolute atomic E-state index is 12.1. The average molecular weight is 230 g/mol. The second kappa shape index (κ2) is 7.66. The van der Waals surface area contributed by atoms with Gasteiger partial charge in [-0.3, -0.25) is 4.79 Å². The topological polar surface area (TPSA) is 35.5 Å². The zero-order valence-electron chi connectivity index (χ0n) is 11.3. The fourth-order valence-corrected chi connectivity index (χ4v) is 1.83. The van der Waals surface area contributed by atoms with Crippen molar-refractivity contribution in [2.45, 2.75) is 47.0 Å². The molecule has 16 heavy (non-hydrogen) atoms. The van der Waals surface area contributed by atoms with Crippen molar-refractivity contribution < 1.29 is 14.3 Å². The van der Waals surface area contributed by atoms with Crippen molar-refractivity contribution in [1.29, 1.82) is 0 Å². The number of rotatable bonds is 8. The molecule has 96 valence electrons. The van der Waals surface area contributed by atoms with E-state index in [2.05, 4.69) is 6.92 Å². The van der Waals surface area contributed by atoms with Crippen LogP contribution in [0.3, 0.4) is 0 Å². The Morgan fingerprint density at radius 2 is 1.94 bits per heavy atom. The van der Waals surface area contributed by atoms with Crippen molar-refractivity contribution in [2.24, 2.45) is 11.3 Å². The predicted molar refractivity (Wildman–Crippen MR) is 65.3 cm³/mol. The minimum Gasteiger partial charge on any atom is -0.465 e. The minimum absolute atomic E-state index is 0.111. The Labute approximate surface area is 99.5 Å². The molecule has 0 N–H and O–H groups in total. The van der Waals surface area contributed by atoms with E-state index in [9.17, 15) is 4.79 Å². The van der Waals surface area contributed by atoms with E-state index in [0.29, 0.717) is 13.2 Å². The number of carbonyl (C=O) groups is 1. The largest absolute Gasteiger partial charge is 0.465 e. The van der Waals surface area contributed by atoms with E-state index in [-0.39, 0.29) is 11.9 Å². The molecule has 0 fully saturated rings. The van der Waals surface area contributed by atoms with Gasteiger partial charge in [-0.1, -0.05) is 34.1 Å². The Hall–Kier alpha value is -0.570. The smallest absolute Gasteiger partial charge is 0.314 e. The molecule has 0 aromatic heterocycles. The molecule has 0 aromatic carbocycles. The van der Waals surface area contributed by atoms with Gasteiger partial charge < -0.3 is 9.47 Å². The van der Waals surface area contributed by atoms with Crippen LogP contribution in [0.15, 0.2) is 0 Å². The molecule has 0 heterocycles. The second-order valence-electron chi connectivity index (χ2n) is 4.59. The summed E-state index contributed by atoms with van der Waals surface area (Å²) in [5, 5.41) is 0. The van der Waals surface area contributed by atoms with Crippen LogP contribution in [0.4, 0.5) is 0 Å². The molecule has 0 radical (unpaired) electrons. The molecule has 0 aromatic rings. The number of ether oxygens (including phenoxy) is 2. The minimum atomic E-state index is -0.484. The first kappa shape index (κ1) is 15.4. The average Bonchev–Trinajstić information content (AvgIpc) is 2.25. The van der Waals surface area contributed by atoms with Gasteiger partial charge in [0.15, 0.2) is 0 Å². The zero-order chi connectivity index (χ0) is 12.6. The van der Waals surface area contributed by atoms with Crippen molar-refractivity contribution in [3.63, 3.8) is 0 Å². The van der Waals surface area contributed by atoms with Crippen LogP contribution in [0.1, 0.15) is 47.0 Å². The van der Waals surface area contributed by atoms with Crippen molar-refractivity contribution in [3.05, 3.63) is 0 Å². The van der Waals surface area contributed by atoms with E-state index in [1.807, 2.05) is 20.8 Å².